The number of pyridine rings is 1. The average molecular weight is 281 g/mol. The number of nitrogens with zero attached hydrogens (tertiary/aromatic N) is 2. The summed E-state index contributed by atoms with van der Waals surface area (Å²) >= 11 is 0. The Hall–Kier alpha value is -1.71. The molecule has 1 aromatic carbocycles. The second kappa shape index (κ2) is 6.37. The van der Waals surface area contributed by atoms with E-state index in [4.69, 9.17) is 5.73 Å². The van der Waals surface area contributed by atoms with Gasteiger partial charge in [0.25, 0.3) is 0 Å². The molecule has 0 spiro atoms. The summed E-state index contributed by atoms with van der Waals surface area (Å²) in [6.45, 7) is 4.29. The summed E-state index contributed by atoms with van der Waals surface area (Å²) in [6.07, 6.45) is 4.92. The molecule has 0 amide bonds. The molecule has 1 saturated heterocycles. The van der Waals surface area contributed by atoms with Crippen molar-refractivity contribution >= 4 is 0 Å². The van der Waals surface area contributed by atoms with Crippen molar-refractivity contribution < 1.29 is 0 Å². The van der Waals surface area contributed by atoms with E-state index in [0.29, 0.717) is 5.92 Å². The fourth-order valence-corrected chi connectivity index (χ4v) is 3.44. The topological polar surface area (TPSA) is 42.1 Å². The number of rotatable bonds is 4. The highest BCUT2D eigenvalue weighted by Crippen LogP contribution is 2.34. The minimum absolute atomic E-state index is 0.113. The average Bonchev–Trinajstić information content (AvgIpc) is 2.98. The lowest BCUT2D eigenvalue weighted by Gasteiger charge is -2.31. The molecule has 0 saturated carbocycles. The third-order valence-corrected chi connectivity index (χ3v) is 4.43. The standard InChI is InChI=1S/C18H23N3/c1-14(19)18(16-7-10-20-11-8-16)21-12-9-17(13-21)15-5-3-2-4-6-15/h2-8,10-11,14,17-18H,9,12-13,19H2,1H3. The van der Waals surface area contributed by atoms with Crippen molar-refractivity contribution in [3.8, 4) is 0 Å². The molecule has 1 aliphatic rings. The van der Waals surface area contributed by atoms with E-state index in [1.807, 2.05) is 12.4 Å². The van der Waals surface area contributed by atoms with E-state index >= 15 is 0 Å². The lowest BCUT2D eigenvalue weighted by molar-refractivity contribution is 0.216. The number of hydrogen-bond acceptors (Lipinski definition) is 3. The Morgan fingerprint density at radius 2 is 1.86 bits per heavy atom. The van der Waals surface area contributed by atoms with Crippen LogP contribution in [0.3, 0.4) is 0 Å². The molecular weight excluding hydrogens is 258 g/mol. The van der Waals surface area contributed by atoms with E-state index in [2.05, 4.69) is 59.3 Å². The van der Waals surface area contributed by atoms with Gasteiger partial charge in [-0.25, -0.2) is 0 Å². The van der Waals surface area contributed by atoms with Crippen LogP contribution in [0.4, 0.5) is 0 Å². The monoisotopic (exact) mass is 281 g/mol. The summed E-state index contributed by atoms with van der Waals surface area (Å²) in [7, 11) is 0. The van der Waals surface area contributed by atoms with Gasteiger partial charge in [0.2, 0.25) is 0 Å². The highest BCUT2D eigenvalue weighted by atomic mass is 15.2. The second-order valence-electron chi connectivity index (χ2n) is 5.98. The fraction of sp³-hybridized carbons (Fsp3) is 0.389. The third-order valence-electron chi connectivity index (χ3n) is 4.43. The number of hydrogen-bond donors (Lipinski definition) is 1. The van der Waals surface area contributed by atoms with Crippen molar-refractivity contribution in [2.45, 2.75) is 31.3 Å². The zero-order valence-electron chi connectivity index (χ0n) is 12.5. The molecule has 0 bridgehead atoms. The molecule has 2 heterocycles. The Morgan fingerprint density at radius 3 is 2.52 bits per heavy atom. The van der Waals surface area contributed by atoms with Crippen molar-refractivity contribution in [3.63, 3.8) is 0 Å². The van der Waals surface area contributed by atoms with Gasteiger partial charge in [-0.1, -0.05) is 30.3 Å². The zero-order chi connectivity index (χ0) is 14.7. The van der Waals surface area contributed by atoms with E-state index in [0.717, 1.165) is 13.1 Å². The molecular formula is C18H23N3. The van der Waals surface area contributed by atoms with E-state index < -0.39 is 0 Å². The first kappa shape index (κ1) is 14.2. The van der Waals surface area contributed by atoms with Gasteiger partial charge < -0.3 is 5.73 Å². The highest BCUT2D eigenvalue weighted by molar-refractivity contribution is 5.23. The molecule has 3 nitrogen and oxygen atoms in total. The Labute approximate surface area is 126 Å². The molecule has 3 unspecified atom stereocenters. The van der Waals surface area contributed by atoms with Crippen molar-refractivity contribution in [2.75, 3.05) is 13.1 Å². The predicted molar refractivity (Wildman–Crippen MR) is 86.0 cm³/mol. The van der Waals surface area contributed by atoms with Crippen LogP contribution in [0.25, 0.3) is 0 Å². The largest absolute Gasteiger partial charge is 0.326 e. The Morgan fingerprint density at radius 1 is 1.14 bits per heavy atom. The number of benzene rings is 1. The molecule has 0 aliphatic carbocycles. The zero-order valence-corrected chi connectivity index (χ0v) is 12.5. The SMILES string of the molecule is CC(N)C(c1ccncc1)N1CCC(c2ccccc2)C1. The van der Waals surface area contributed by atoms with Crippen LogP contribution in [0, 0.1) is 0 Å². The Bertz CT molecular complexity index is 553. The minimum Gasteiger partial charge on any atom is -0.326 e. The van der Waals surface area contributed by atoms with Crippen molar-refractivity contribution in [2.24, 2.45) is 5.73 Å². The molecule has 2 aromatic rings. The lowest BCUT2D eigenvalue weighted by atomic mass is 9.98. The van der Waals surface area contributed by atoms with Crippen molar-refractivity contribution in [1.29, 1.82) is 0 Å². The molecule has 3 rings (SSSR count). The van der Waals surface area contributed by atoms with Gasteiger partial charge in [0.15, 0.2) is 0 Å². The first-order chi connectivity index (χ1) is 10.3. The van der Waals surface area contributed by atoms with Gasteiger partial charge in [0, 0.05) is 31.0 Å². The van der Waals surface area contributed by atoms with Crippen LogP contribution >= 0.6 is 0 Å². The van der Waals surface area contributed by atoms with Gasteiger partial charge in [-0.2, -0.15) is 0 Å². The van der Waals surface area contributed by atoms with Crippen LogP contribution < -0.4 is 5.73 Å². The van der Waals surface area contributed by atoms with Crippen LogP contribution in [0.2, 0.25) is 0 Å². The number of likely N-dealkylation sites (tertiary alicyclic amines) is 1. The Balaban J connectivity index is 1.77. The van der Waals surface area contributed by atoms with Crippen LogP contribution in [0.5, 0.6) is 0 Å². The van der Waals surface area contributed by atoms with Crippen LogP contribution in [-0.4, -0.2) is 29.0 Å². The first-order valence-electron chi connectivity index (χ1n) is 7.70. The molecule has 2 N–H and O–H groups in total. The van der Waals surface area contributed by atoms with Gasteiger partial charge in [-0.05, 0) is 49.1 Å². The highest BCUT2D eigenvalue weighted by Gasteiger charge is 2.31. The summed E-state index contributed by atoms with van der Waals surface area (Å²) in [5.41, 5.74) is 8.99. The summed E-state index contributed by atoms with van der Waals surface area (Å²) in [4.78, 5) is 6.64. The Kier molecular flexibility index (Phi) is 4.32. The summed E-state index contributed by atoms with van der Waals surface area (Å²) in [5, 5.41) is 0. The quantitative estimate of drug-likeness (QED) is 0.937. The summed E-state index contributed by atoms with van der Waals surface area (Å²) in [5.74, 6) is 0.620. The van der Waals surface area contributed by atoms with Crippen molar-refractivity contribution in [3.05, 3.63) is 66.0 Å². The minimum atomic E-state index is 0.113. The molecule has 0 radical (unpaired) electrons. The molecule has 1 fully saturated rings. The molecule has 21 heavy (non-hydrogen) atoms. The van der Waals surface area contributed by atoms with Gasteiger partial charge in [-0.15, -0.1) is 0 Å². The first-order valence-corrected chi connectivity index (χ1v) is 7.70. The molecule has 110 valence electrons. The maximum atomic E-state index is 6.27. The van der Waals surface area contributed by atoms with Crippen LogP contribution in [0.15, 0.2) is 54.9 Å². The third kappa shape index (κ3) is 3.14. The van der Waals surface area contributed by atoms with E-state index in [1.54, 1.807) is 0 Å². The smallest absolute Gasteiger partial charge is 0.0497 e. The molecule has 1 aromatic heterocycles. The fourth-order valence-electron chi connectivity index (χ4n) is 3.44. The lowest BCUT2D eigenvalue weighted by Crippen LogP contribution is -2.38. The normalized spacial score (nSPS) is 22.1. The van der Waals surface area contributed by atoms with Gasteiger partial charge in [-0.3, -0.25) is 9.88 Å². The molecule has 3 heteroatoms. The second-order valence-corrected chi connectivity index (χ2v) is 5.98. The number of aromatic nitrogens is 1. The van der Waals surface area contributed by atoms with Gasteiger partial charge in [0.1, 0.15) is 0 Å². The molecule has 1 aliphatic heterocycles. The van der Waals surface area contributed by atoms with Gasteiger partial charge >= 0.3 is 0 Å². The predicted octanol–water partition coefficient (Wildman–Crippen LogP) is 2.96. The maximum absolute atomic E-state index is 6.27. The van der Waals surface area contributed by atoms with E-state index in [1.165, 1.54) is 17.5 Å². The summed E-state index contributed by atoms with van der Waals surface area (Å²) in [6, 6.07) is 15.4. The summed E-state index contributed by atoms with van der Waals surface area (Å²) < 4.78 is 0. The van der Waals surface area contributed by atoms with Crippen LogP contribution in [0.1, 0.15) is 36.4 Å². The number of nitrogens with two attached hydrogens (primary N) is 1. The molecule has 3 atom stereocenters. The van der Waals surface area contributed by atoms with Crippen molar-refractivity contribution in [1.82, 2.24) is 9.88 Å². The van der Waals surface area contributed by atoms with Gasteiger partial charge in [0.05, 0.1) is 0 Å². The van der Waals surface area contributed by atoms with Crippen LogP contribution in [-0.2, 0) is 0 Å². The van der Waals surface area contributed by atoms with E-state index in [9.17, 15) is 0 Å². The van der Waals surface area contributed by atoms with E-state index in [-0.39, 0.29) is 12.1 Å². The maximum Gasteiger partial charge on any atom is 0.0497 e.